The minimum atomic E-state index is 0. The lowest BCUT2D eigenvalue weighted by molar-refractivity contribution is -0.933. The van der Waals surface area contributed by atoms with Crippen molar-refractivity contribution >= 4 is 22.6 Å². The normalized spacial score (nSPS) is 13.3. The van der Waals surface area contributed by atoms with E-state index >= 15 is 0 Å². The molecule has 0 saturated carbocycles. The molecule has 0 amide bonds. The molecule has 0 radical (unpaired) electrons. The number of terminal acetylenes is 1. The molecule has 1 atom stereocenters. The monoisotopic (exact) mass is 385 g/mol. The maximum Gasteiger partial charge on any atom is 0.141 e. The van der Waals surface area contributed by atoms with Gasteiger partial charge < -0.3 is 16.9 Å². The van der Waals surface area contributed by atoms with Gasteiger partial charge >= 0.3 is 0 Å². The molecule has 0 aliphatic carbocycles. The fourth-order valence-electron chi connectivity index (χ4n) is 2.68. The summed E-state index contributed by atoms with van der Waals surface area (Å²) >= 11 is 2.62. The van der Waals surface area contributed by atoms with Crippen molar-refractivity contribution in [3.8, 4) is 12.3 Å². The molecule has 0 aliphatic heterocycles. The fourth-order valence-corrected chi connectivity index (χ4v) is 3.95. The average Bonchev–Trinajstić information content (AvgIpc) is 2.15. The third kappa shape index (κ3) is 7.21. The Morgan fingerprint density at radius 2 is 1.56 bits per heavy atom. The van der Waals surface area contributed by atoms with Gasteiger partial charge in [0, 0.05) is 18.3 Å². The molecule has 0 aromatic heterocycles. The molecule has 1 unspecified atom stereocenters. The van der Waals surface area contributed by atoms with Crippen LogP contribution in [0.3, 0.4) is 0 Å². The van der Waals surface area contributed by atoms with Crippen molar-refractivity contribution in [2.24, 2.45) is 11.8 Å². The van der Waals surface area contributed by atoms with Crippen LogP contribution in [0.4, 0.5) is 0 Å². The van der Waals surface area contributed by atoms with Gasteiger partial charge in [-0.2, -0.15) is 0 Å². The summed E-state index contributed by atoms with van der Waals surface area (Å²) in [4.78, 5) is 0. The Labute approximate surface area is 134 Å². The highest BCUT2D eigenvalue weighted by atomic mass is 127. The van der Waals surface area contributed by atoms with E-state index in [0.29, 0.717) is 15.9 Å². The fraction of sp³-hybridized carbons (Fsp3) is 0.867. The zero-order valence-electron chi connectivity index (χ0n) is 12.5. The van der Waals surface area contributed by atoms with Gasteiger partial charge in [-0.15, -0.1) is 6.42 Å². The van der Waals surface area contributed by atoms with Gasteiger partial charge in [0.25, 0.3) is 0 Å². The molecule has 0 aromatic rings. The van der Waals surface area contributed by atoms with Gasteiger partial charge in [-0.25, -0.2) is 0 Å². The Morgan fingerprint density at radius 1 is 1.11 bits per heavy atom. The second-order valence-electron chi connectivity index (χ2n) is 5.96. The van der Waals surface area contributed by atoms with Crippen molar-refractivity contribution in [2.75, 3.05) is 19.6 Å². The molecular weight excluding hydrogens is 357 g/mol. The second-order valence-corrected chi connectivity index (χ2v) is 7.39. The van der Waals surface area contributed by atoms with E-state index in [9.17, 15) is 0 Å². The van der Waals surface area contributed by atoms with Crippen molar-refractivity contribution in [2.45, 2.75) is 51.5 Å². The van der Waals surface area contributed by atoms with Crippen molar-refractivity contribution in [1.29, 1.82) is 0 Å². The molecule has 108 valence electrons. The smallest absolute Gasteiger partial charge is 0.141 e. The molecule has 1 nitrogen and oxygen atoms in total. The minimum Gasteiger partial charge on any atom is -1.00 e. The van der Waals surface area contributed by atoms with Gasteiger partial charge in [-0.05, 0) is 34.9 Å². The maximum atomic E-state index is 5.63. The number of hydrogen-bond acceptors (Lipinski definition) is 0. The quantitative estimate of drug-likeness (QED) is 0.194. The summed E-state index contributed by atoms with van der Waals surface area (Å²) in [5, 5.41) is 0. The van der Waals surface area contributed by atoms with Crippen LogP contribution in [0.25, 0.3) is 0 Å². The van der Waals surface area contributed by atoms with E-state index < -0.39 is 0 Å². The predicted molar refractivity (Wildman–Crippen MR) is 86.1 cm³/mol. The van der Waals surface area contributed by atoms with Crippen molar-refractivity contribution < 1.29 is 16.9 Å². The molecule has 0 fully saturated rings. The molecule has 3 heteroatoms. The Kier molecular flexibility index (Phi) is 12.0. The number of hydrogen-bond donors (Lipinski definition) is 0. The van der Waals surface area contributed by atoms with Gasteiger partial charge in [-0.1, -0.05) is 34.6 Å². The topological polar surface area (TPSA) is 0 Å². The zero-order valence-corrected chi connectivity index (χ0v) is 15.5. The molecule has 0 rings (SSSR count). The van der Waals surface area contributed by atoms with Crippen LogP contribution in [0, 0.1) is 24.2 Å². The third-order valence-corrected chi connectivity index (χ3v) is 4.79. The summed E-state index contributed by atoms with van der Waals surface area (Å²) in [5.74, 6) is 4.34. The van der Waals surface area contributed by atoms with Crippen LogP contribution < -0.4 is 12.4 Å². The van der Waals surface area contributed by atoms with Crippen LogP contribution in [0.2, 0.25) is 0 Å². The first-order valence-corrected chi connectivity index (χ1v) is 8.05. The van der Waals surface area contributed by atoms with Crippen LogP contribution in [-0.2, 0) is 0 Å². The van der Waals surface area contributed by atoms with E-state index in [4.69, 9.17) is 6.42 Å². The van der Waals surface area contributed by atoms with Crippen molar-refractivity contribution in [3.05, 3.63) is 0 Å². The molecule has 0 aromatic carbocycles. The number of nitrogens with zero attached hydrogens (tertiary/aromatic N) is 1. The SMILES string of the molecule is C#CC[N+](CC(C)C)(CC(C)C)C(I)CCC.[Cl-]. The van der Waals surface area contributed by atoms with Crippen LogP contribution in [0.5, 0.6) is 0 Å². The number of rotatable bonds is 8. The van der Waals surface area contributed by atoms with Crippen LogP contribution in [-0.4, -0.2) is 28.2 Å². The van der Waals surface area contributed by atoms with Crippen molar-refractivity contribution in [3.63, 3.8) is 0 Å². The second kappa shape index (κ2) is 10.3. The van der Waals surface area contributed by atoms with Gasteiger partial charge in [-0.3, -0.25) is 0 Å². The van der Waals surface area contributed by atoms with E-state index in [1.165, 1.54) is 25.9 Å². The molecule has 18 heavy (non-hydrogen) atoms. The minimum absolute atomic E-state index is 0. The number of alkyl halides is 1. The molecule has 0 N–H and O–H groups in total. The van der Waals surface area contributed by atoms with Gasteiger partial charge in [0.1, 0.15) is 10.6 Å². The van der Waals surface area contributed by atoms with E-state index in [0.717, 1.165) is 11.0 Å². The summed E-state index contributed by atoms with van der Waals surface area (Å²) in [6, 6.07) is 0. The highest BCUT2D eigenvalue weighted by Crippen LogP contribution is 2.27. The predicted octanol–water partition coefficient (Wildman–Crippen LogP) is 1.31. The van der Waals surface area contributed by atoms with E-state index in [1.54, 1.807) is 0 Å². The van der Waals surface area contributed by atoms with Gasteiger partial charge in [0.15, 0.2) is 0 Å². The molecule has 0 aliphatic rings. The Balaban J connectivity index is 0. The number of halogens is 2. The number of quaternary nitrogens is 1. The van der Waals surface area contributed by atoms with Crippen molar-refractivity contribution in [1.82, 2.24) is 0 Å². The van der Waals surface area contributed by atoms with Crippen LogP contribution in [0.15, 0.2) is 0 Å². The largest absolute Gasteiger partial charge is 1.00 e. The van der Waals surface area contributed by atoms with Crippen LogP contribution in [0.1, 0.15) is 47.5 Å². The highest BCUT2D eigenvalue weighted by Gasteiger charge is 2.35. The first-order chi connectivity index (χ1) is 7.88. The lowest BCUT2D eigenvalue weighted by Gasteiger charge is -2.43. The lowest BCUT2D eigenvalue weighted by Crippen LogP contribution is -3.00. The maximum absolute atomic E-state index is 5.63. The molecular formula is C15H29ClIN. The average molecular weight is 386 g/mol. The summed E-state index contributed by atoms with van der Waals surface area (Å²) in [6.45, 7) is 14.8. The Hall–Kier alpha value is 0.540. The lowest BCUT2D eigenvalue weighted by atomic mass is 10.1. The van der Waals surface area contributed by atoms with Gasteiger partial charge in [0.2, 0.25) is 0 Å². The first-order valence-electron chi connectivity index (χ1n) is 6.81. The third-order valence-electron chi connectivity index (χ3n) is 2.98. The summed E-state index contributed by atoms with van der Waals surface area (Å²) in [5.41, 5.74) is 0. The molecule has 0 saturated heterocycles. The van der Waals surface area contributed by atoms with E-state index in [-0.39, 0.29) is 12.4 Å². The summed E-state index contributed by atoms with van der Waals surface area (Å²) in [7, 11) is 0. The van der Waals surface area contributed by atoms with Gasteiger partial charge in [0.05, 0.1) is 13.1 Å². The summed E-state index contributed by atoms with van der Waals surface area (Å²) < 4.78 is 1.75. The van der Waals surface area contributed by atoms with E-state index in [2.05, 4.69) is 63.1 Å². The summed E-state index contributed by atoms with van der Waals surface area (Å²) in [6.07, 6.45) is 8.14. The van der Waals surface area contributed by atoms with Crippen LogP contribution >= 0.6 is 22.6 Å². The van der Waals surface area contributed by atoms with E-state index in [1.807, 2.05) is 0 Å². The highest BCUT2D eigenvalue weighted by molar-refractivity contribution is 14.1. The Bertz CT molecular complexity index is 235. The first kappa shape index (κ1) is 20.8. The molecule has 0 bridgehead atoms. The zero-order chi connectivity index (χ0) is 13.5. The standard InChI is InChI=1S/C15H29IN.ClH/c1-7-9-15(16)17(10-8-2,11-13(3)4)12-14(5)6;/h2,13-15H,7,9-12H2,1,3-6H3;1H/q+1;/p-1. The Morgan fingerprint density at radius 3 is 1.83 bits per heavy atom. The molecule has 0 spiro atoms. The molecule has 0 heterocycles.